The van der Waals surface area contributed by atoms with Gasteiger partial charge in [0.15, 0.2) is 0 Å². The second kappa shape index (κ2) is 11.7. The highest BCUT2D eigenvalue weighted by Crippen LogP contribution is 2.27. The third-order valence-electron chi connectivity index (χ3n) is 6.00. The van der Waals surface area contributed by atoms with Gasteiger partial charge in [-0.1, -0.05) is 67.6 Å². The van der Waals surface area contributed by atoms with E-state index in [1.165, 1.54) is 18.6 Å². The number of nitrogens with zero attached hydrogens (tertiary/aromatic N) is 1. The number of hydrogen-bond acceptors (Lipinski definition) is 2. The number of hydrogen-bond donors (Lipinski definition) is 1. The number of nitrogens with one attached hydrogen (secondary N) is 1. The first-order valence-electron chi connectivity index (χ1n) is 11.2. The molecule has 32 heavy (non-hydrogen) atoms. The summed E-state index contributed by atoms with van der Waals surface area (Å²) in [4.78, 5) is 28.2. The van der Waals surface area contributed by atoms with Gasteiger partial charge in [0.05, 0.1) is 6.42 Å². The van der Waals surface area contributed by atoms with Crippen molar-refractivity contribution in [1.82, 2.24) is 10.2 Å². The van der Waals surface area contributed by atoms with Crippen molar-refractivity contribution >= 4 is 35.0 Å². The van der Waals surface area contributed by atoms with Crippen LogP contribution in [0.15, 0.2) is 42.5 Å². The van der Waals surface area contributed by atoms with Crippen molar-refractivity contribution in [3.63, 3.8) is 0 Å². The van der Waals surface area contributed by atoms with E-state index in [0.717, 1.165) is 25.7 Å². The van der Waals surface area contributed by atoms with E-state index in [9.17, 15) is 14.0 Å². The number of carbonyl (C=O) groups is 2. The van der Waals surface area contributed by atoms with Gasteiger partial charge in [-0.05, 0) is 49.1 Å². The van der Waals surface area contributed by atoms with E-state index in [4.69, 9.17) is 23.2 Å². The van der Waals surface area contributed by atoms with E-state index >= 15 is 0 Å². The van der Waals surface area contributed by atoms with E-state index in [0.29, 0.717) is 27.6 Å². The number of amides is 2. The van der Waals surface area contributed by atoms with Gasteiger partial charge >= 0.3 is 0 Å². The van der Waals surface area contributed by atoms with Crippen LogP contribution in [-0.2, 0) is 22.6 Å². The number of halogens is 3. The summed E-state index contributed by atoms with van der Waals surface area (Å²) in [6, 6.07) is 10.5. The van der Waals surface area contributed by atoms with E-state index in [1.807, 2.05) is 6.92 Å². The van der Waals surface area contributed by atoms with Gasteiger partial charge in [0.2, 0.25) is 11.8 Å². The maximum Gasteiger partial charge on any atom is 0.243 e. The van der Waals surface area contributed by atoms with Gasteiger partial charge < -0.3 is 10.2 Å². The summed E-state index contributed by atoms with van der Waals surface area (Å²) in [5.74, 6) is -0.757. The minimum absolute atomic E-state index is 0.0512. The van der Waals surface area contributed by atoms with Gasteiger partial charge in [-0.15, -0.1) is 0 Å². The fourth-order valence-electron chi connectivity index (χ4n) is 4.20. The molecule has 0 radical (unpaired) electrons. The molecule has 2 aromatic rings. The zero-order valence-electron chi connectivity index (χ0n) is 18.3. The summed E-state index contributed by atoms with van der Waals surface area (Å²) in [6.07, 6.45) is 5.82. The first kappa shape index (κ1) is 24.5. The molecule has 0 unspecified atom stereocenters. The van der Waals surface area contributed by atoms with Crippen LogP contribution in [0.2, 0.25) is 10.0 Å². The van der Waals surface area contributed by atoms with Gasteiger partial charge in [-0.3, -0.25) is 9.59 Å². The van der Waals surface area contributed by atoms with Crippen LogP contribution in [0.5, 0.6) is 0 Å². The van der Waals surface area contributed by atoms with Gasteiger partial charge in [-0.25, -0.2) is 4.39 Å². The third-order valence-corrected chi connectivity index (χ3v) is 6.70. The average molecular weight is 479 g/mol. The third kappa shape index (κ3) is 6.46. The number of carbonyl (C=O) groups excluding carboxylic acids is 2. The van der Waals surface area contributed by atoms with E-state index in [2.05, 4.69) is 5.32 Å². The molecule has 2 aromatic carbocycles. The highest BCUT2D eigenvalue weighted by Gasteiger charge is 2.31. The highest BCUT2D eigenvalue weighted by molar-refractivity contribution is 6.36. The van der Waals surface area contributed by atoms with Crippen molar-refractivity contribution in [3.8, 4) is 0 Å². The molecule has 0 heterocycles. The monoisotopic (exact) mass is 478 g/mol. The summed E-state index contributed by atoms with van der Waals surface area (Å²) in [7, 11) is 0. The Morgan fingerprint density at radius 1 is 1.06 bits per heavy atom. The lowest BCUT2D eigenvalue weighted by molar-refractivity contribution is -0.141. The Balaban J connectivity index is 1.85. The molecule has 1 aliphatic carbocycles. The molecule has 172 valence electrons. The zero-order valence-corrected chi connectivity index (χ0v) is 19.8. The molecule has 1 N–H and O–H groups in total. The van der Waals surface area contributed by atoms with Crippen LogP contribution in [0.3, 0.4) is 0 Å². The summed E-state index contributed by atoms with van der Waals surface area (Å²) < 4.78 is 13.3. The smallest absolute Gasteiger partial charge is 0.243 e. The zero-order chi connectivity index (χ0) is 23.1. The summed E-state index contributed by atoms with van der Waals surface area (Å²) in [5, 5.41) is 4.03. The maximum absolute atomic E-state index is 13.4. The SMILES string of the molecule is CC[C@@H](C(=O)NC1CCCCC1)N(Cc1c(Cl)cccc1Cl)C(=O)Cc1ccc(F)cc1. The lowest BCUT2D eigenvalue weighted by Crippen LogP contribution is -2.52. The maximum atomic E-state index is 13.4. The quantitative estimate of drug-likeness (QED) is 0.510. The standard InChI is InChI=1S/C25H29Cl2FN2O2/c1-2-23(25(32)29-19-7-4-3-5-8-19)30(16-20-21(26)9-6-10-22(20)27)24(31)15-17-11-13-18(28)14-12-17/h6,9-14,19,23H,2-5,7-8,15-16H2,1H3,(H,29,32)/t23-/m0/s1. The Morgan fingerprint density at radius 2 is 1.69 bits per heavy atom. The van der Waals surface area contributed by atoms with Crippen LogP contribution >= 0.6 is 23.2 Å². The van der Waals surface area contributed by atoms with Crippen LogP contribution in [0.1, 0.15) is 56.6 Å². The first-order valence-corrected chi connectivity index (χ1v) is 11.9. The lowest BCUT2D eigenvalue weighted by atomic mass is 9.95. The Kier molecular flexibility index (Phi) is 8.94. The fraction of sp³-hybridized carbons (Fsp3) is 0.440. The van der Waals surface area contributed by atoms with E-state index < -0.39 is 6.04 Å². The Bertz CT molecular complexity index is 910. The number of benzene rings is 2. The van der Waals surface area contributed by atoms with Crippen LogP contribution in [0.4, 0.5) is 4.39 Å². The minimum Gasteiger partial charge on any atom is -0.352 e. The Labute approximate surface area is 199 Å². The molecule has 3 rings (SSSR count). The molecule has 4 nitrogen and oxygen atoms in total. The summed E-state index contributed by atoms with van der Waals surface area (Å²) >= 11 is 12.7. The molecular formula is C25H29Cl2FN2O2. The highest BCUT2D eigenvalue weighted by atomic mass is 35.5. The van der Waals surface area contributed by atoms with E-state index in [1.54, 1.807) is 35.2 Å². The van der Waals surface area contributed by atoms with Gasteiger partial charge in [-0.2, -0.15) is 0 Å². The molecule has 1 fully saturated rings. The van der Waals surface area contributed by atoms with Gasteiger partial charge in [0, 0.05) is 28.2 Å². The Morgan fingerprint density at radius 3 is 2.28 bits per heavy atom. The molecule has 7 heteroatoms. The molecule has 0 saturated heterocycles. The van der Waals surface area contributed by atoms with Crippen LogP contribution in [0.25, 0.3) is 0 Å². The van der Waals surface area contributed by atoms with Crippen molar-refractivity contribution in [2.45, 2.75) is 70.5 Å². The van der Waals surface area contributed by atoms with E-state index in [-0.39, 0.29) is 36.6 Å². The van der Waals surface area contributed by atoms with Crippen LogP contribution < -0.4 is 5.32 Å². The normalized spacial score (nSPS) is 15.2. The molecule has 0 aliphatic heterocycles. The second-order valence-electron chi connectivity index (χ2n) is 8.29. The van der Waals surface area contributed by atoms with Crippen molar-refractivity contribution < 1.29 is 14.0 Å². The predicted molar refractivity (Wildman–Crippen MR) is 126 cm³/mol. The summed E-state index contributed by atoms with van der Waals surface area (Å²) in [5.41, 5.74) is 1.28. The molecule has 0 aromatic heterocycles. The first-order chi connectivity index (χ1) is 15.4. The summed E-state index contributed by atoms with van der Waals surface area (Å²) in [6.45, 7) is 2.01. The van der Waals surface area contributed by atoms with Gasteiger partial charge in [0.25, 0.3) is 0 Å². The predicted octanol–water partition coefficient (Wildman–Crippen LogP) is 5.93. The molecule has 1 aliphatic rings. The molecule has 1 saturated carbocycles. The molecule has 0 spiro atoms. The Hall–Kier alpha value is -2.11. The second-order valence-corrected chi connectivity index (χ2v) is 9.11. The largest absolute Gasteiger partial charge is 0.352 e. The molecule has 2 amide bonds. The van der Waals surface area contributed by atoms with Crippen molar-refractivity contribution in [2.75, 3.05) is 0 Å². The van der Waals surface area contributed by atoms with Crippen molar-refractivity contribution in [3.05, 3.63) is 69.5 Å². The molecule has 0 bridgehead atoms. The van der Waals surface area contributed by atoms with Crippen LogP contribution in [0, 0.1) is 5.82 Å². The lowest BCUT2D eigenvalue weighted by Gasteiger charge is -2.33. The van der Waals surface area contributed by atoms with Crippen molar-refractivity contribution in [2.24, 2.45) is 0 Å². The fourth-order valence-corrected chi connectivity index (χ4v) is 4.71. The number of rotatable bonds is 8. The molecule has 1 atom stereocenters. The molecular weight excluding hydrogens is 450 g/mol. The van der Waals surface area contributed by atoms with Crippen molar-refractivity contribution in [1.29, 1.82) is 0 Å². The van der Waals surface area contributed by atoms with Gasteiger partial charge in [0.1, 0.15) is 11.9 Å². The average Bonchev–Trinajstić information content (AvgIpc) is 2.77. The topological polar surface area (TPSA) is 49.4 Å². The van der Waals surface area contributed by atoms with Crippen LogP contribution in [-0.4, -0.2) is 28.8 Å². The minimum atomic E-state index is -0.655.